The molecule has 1 aliphatic heterocycles. The van der Waals surface area contributed by atoms with E-state index in [1.54, 1.807) is 0 Å². The average Bonchev–Trinajstić information content (AvgIpc) is 2.55. The lowest BCUT2D eigenvalue weighted by Crippen LogP contribution is -2.36. The Morgan fingerprint density at radius 3 is 2.18 bits per heavy atom. The van der Waals surface area contributed by atoms with Crippen LogP contribution in [0.3, 0.4) is 0 Å². The Hall–Kier alpha value is -1.42. The van der Waals surface area contributed by atoms with Gasteiger partial charge in [0.05, 0.1) is 13.8 Å². The Bertz CT molecular complexity index is 450. The molecule has 1 aliphatic rings. The summed E-state index contributed by atoms with van der Waals surface area (Å²) < 4.78 is 0. The SMILES string of the molecule is C[Si](C)(C)C1CC(=O)N(c2ccccc2)C1=O. The molecule has 1 fully saturated rings. The Morgan fingerprint density at radius 1 is 1.12 bits per heavy atom. The number of hydrogen-bond acceptors (Lipinski definition) is 2. The first-order chi connectivity index (χ1) is 7.91. The van der Waals surface area contributed by atoms with E-state index in [1.165, 1.54) is 4.90 Å². The number of carbonyl (C=O) groups excluding carboxylic acids is 2. The fraction of sp³-hybridized carbons (Fsp3) is 0.385. The van der Waals surface area contributed by atoms with E-state index in [1.807, 2.05) is 30.3 Å². The van der Waals surface area contributed by atoms with Crippen molar-refractivity contribution in [2.75, 3.05) is 4.90 Å². The van der Waals surface area contributed by atoms with E-state index in [4.69, 9.17) is 0 Å². The molecule has 1 aromatic rings. The number of imide groups is 1. The fourth-order valence-electron chi connectivity index (χ4n) is 2.16. The molecule has 1 atom stereocenters. The van der Waals surface area contributed by atoms with Gasteiger partial charge in [-0.15, -0.1) is 0 Å². The smallest absolute Gasteiger partial charge is 0.234 e. The van der Waals surface area contributed by atoms with Crippen LogP contribution < -0.4 is 4.90 Å². The van der Waals surface area contributed by atoms with Crippen molar-refractivity contribution in [1.82, 2.24) is 0 Å². The van der Waals surface area contributed by atoms with Crippen LogP contribution in [0.4, 0.5) is 5.69 Å². The lowest BCUT2D eigenvalue weighted by Gasteiger charge is -2.22. The number of carbonyl (C=O) groups is 2. The molecule has 2 amide bonds. The lowest BCUT2D eigenvalue weighted by atomic mass is 10.3. The molecule has 1 aromatic carbocycles. The maximum atomic E-state index is 12.3. The van der Waals surface area contributed by atoms with Crippen LogP contribution in [-0.4, -0.2) is 19.9 Å². The minimum absolute atomic E-state index is 0.0135. The molecular weight excluding hydrogens is 230 g/mol. The average molecular weight is 247 g/mol. The first-order valence-electron chi connectivity index (χ1n) is 5.83. The highest BCUT2D eigenvalue weighted by Gasteiger charge is 2.45. The number of rotatable bonds is 2. The predicted octanol–water partition coefficient (Wildman–Crippen LogP) is 2.66. The Labute approximate surface area is 102 Å². The molecule has 2 rings (SSSR count). The van der Waals surface area contributed by atoms with Crippen molar-refractivity contribution in [2.45, 2.75) is 31.6 Å². The van der Waals surface area contributed by atoms with Crippen molar-refractivity contribution < 1.29 is 9.59 Å². The van der Waals surface area contributed by atoms with E-state index >= 15 is 0 Å². The summed E-state index contributed by atoms with van der Waals surface area (Å²) in [4.78, 5) is 25.6. The van der Waals surface area contributed by atoms with E-state index in [0.29, 0.717) is 12.1 Å². The summed E-state index contributed by atoms with van der Waals surface area (Å²) in [5, 5.41) is 0. The van der Waals surface area contributed by atoms with Crippen molar-refractivity contribution in [3.8, 4) is 0 Å². The molecule has 0 saturated carbocycles. The van der Waals surface area contributed by atoms with Crippen molar-refractivity contribution in [3.63, 3.8) is 0 Å². The van der Waals surface area contributed by atoms with Gasteiger partial charge in [-0.1, -0.05) is 37.8 Å². The standard InChI is InChI=1S/C13H17NO2Si/c1-17(2,3)11-9-12(15)14(13(11)16)10-7-5-4-6-8-10/h4-8,11H,9H2,1-3H3. The molecule has 0 aromatic heterocycles. The number of amides is 2. The monoisotopic (exact) mass is 247 g/mol. The van der Waals surface area contributed by atoms with Crippen LogP contribution in [-0.2, 0) is 9.59 Å². The van der Waals surface area contributed by atoms with Crippen LogP contribution in [0, 0.1) is 0 Å². The first kappa shape index (κ1) is 12.0. The Morgan fingerprint density at radius 2 is 1.71 bits per heavy atom. The summed E-state index contributed by atoms with van der Waals surface area (Å²) in [6, 6.07) is 9.19. The number of nitrogens with zero attached hydrogens (tertiary/aromatic N) is 1. The quantitative estimate of drug-likeness (QED) is 0.595. The second kappa shape index (κ2) is 4.11. The van der Waals surface area contributed by atoms with Gasteiger partial charge in [-0.2, -0.15) is 0 Å². The third kappa shape index (κ3) is 2.17. The van der Waals surface area contributed by atoms with E-state index in [9.17, 15) is 9.59 Å². The summed E-state index contributed by atoms with van der Waals surface area (Å²) in [6.07, 6.45) is 0.378. The summed E-state index contributed by atoms with van der Waals surface area (Å²) >= 11 is 0. The van der Waals surface area contributed by atoms with Crippen molar-refractivity contribution in [3.05, 3.63) is 30.3 Å². The van der Waals surface area contributed by atoms with E-state index < -0.39 is 8.07 Å². The molecule has 3 nitrogen and oxygen atoms in total. The van der Waals surface area contributed by atoms with Crippen LogP contribution in [0.25, 0.3) is 0 Å². The minimum Gasteiger partial charge on any atom is -0.274 e. The van der Waals surface area contributed by atoms with Gasteiger partial charge in [-0.25, -0.2) is 0 Å². The van der Waals surface area contributed by atoms with Gasteiger partial charge in [0.2, 0.25) is 11.8 Å². The summed E-state index contributed by atoms with van der Waals surface area (Å²) in [7, 11) is -1.62. The summed E-state index contributed by atoms with van der Waals surface area (Å²) in [6.45, 7) is 6.41. The highest BCUT2D eigenvalue weighted by Crippen LogP contribution is 2.36. The maximum Gasteiger partial charge on any atom is 0.234 e. The topological polar surface area (TPSA) is 37.4 Å². The predicted molar refractivity (Wildman–Crippen MR) is 70.6 cm³/mol. The molecule has 1 unspecified atom stereocenters. The Kier molecular flexibility index (Phi) is 2.91. The number of hydrogen-bond donors (Lipinski definition) is 0. The van der Waals surface area contributed by atoms with Gasteiger partial charge in [0, 0.05) is 12.0 Å². The third-order valence-corrected chi connectivity index (χ3v) is 5.75. The highest BCUT2D eigenvalue weighted by atomic mass is 28.3. The molecule has 90 valence electrons. The van der Waals surface area contributed by atoms with Crippen LogP contribution >= 0.6 is 0 Å². The second-order valence-corrected chi connectivity index (χ2v) is 11.0. The zero-order chi connectivity index (χ0) is 12.6. The molecule has 0 bridgehead atoms. The highest BCUT2D eigenvalue weighted by molar-refractivity contribution is 6.81. The minimum atomic E-state index is -1.62. The summed E-state index contributed by atoms with van der Waals surface area (Å²) in [5.41, 5.74) is 0.624. The summed E-state index contributed by atoms with van der Waals surface area (Å²) in [5.74, 6) is -0.0750. The van der Waals surface area contributed by atoms with Gasteiger partial charge < -0.3 is 0 Å². The Balaban J connectivity index is 2.33. The molecule has 0 radical (unpaired) electrons. The van der Waals surface area contributed by atoms with E-state index in [0.717, 1.165) is 0 Å². The van der Waals surface area contributed by atoms with Crippen molar-refractivity contribution in [1.29, 1.82) is 0 Å². The van der Waals surface area contributed by atoms with Crippen LogP contribution in [0.2, 0.25) is 25.2 Å². The molecule has 17 heavy (non-hydrogen) atoms. The maximum absolute atomic E-state index is 12.3. The van der Waals surface area contributed by atoms with Crippen molar-refractivity contribution >= 4 is 25.6 Å². The van der Waals surface area contributed by atoms with Gasteiger partial charge in [-0.3, -0.25) is 14.5 Å². The molecule has 4 heteroatoms. The normalized spacial score (nSPS) is 21.1. The third-order valence-electron chi connectivity index (χ3n) is 3.21. The number of anilines is 1. The fourth-order valence-corrected chi connectivity index (χ4v) is 3.81. The van der Waals surface area contributed by atoms with Crippen LogP contribution in [0.5, 0.6) is 0 Å². The zero-order valence-corrected chi connectivity index (χ0v) is 11.4. The molecule has 1 saturated heterocycles. The largest absolute Gasteiger partial charge is 0.274 e. The van der Waals surface area contributed by atoms with E-state index in [2.05, 4.69) is 19.6 Å². The van der Waals surface area contributed by atoms with Gasteiger partial charge >= 0.3 is 0 Å². The van der Waals surface area contributed by atoms with Crippen LogP contribution in [0.1, 0.15) is 6.42 Å². The van der Waals surface area contributed by atoms with Crippen LogP contribution in [0.15, 0.2) is 30.3 Å². The van der Waals surface area contributed by atoms with Gasteiger partial charge in [-0.05, 0) is 12.1 Å². The molecule has 1 heterocycles. The van der Waals surface area contributed by atoms with E-state index in [-0.39, 0.29) is 17.4 Å². The lowest BCUT2D eigenvalue weighted by molar-refractivity contribution is -0.121. The number of para-hydroxylation sites is 1. The molecule has 0 N–H and O–H groups in total. The van der Waals surface area contributed by atoms with Gasteiger partial charge in [0.25, 0.3) is 0 Å². The van der Waals surface area contributed by atoms with Crippen molar-refractivity contribution in [2.24, 2.45) is 0 Å². The first-order valence-corrected chi connectivity index (χ1v) is 9.41. The number of benzene rings is 1. The van der Waals surface area contributed by atoms with Gasteiger partial charge in [0.15, 0.2) is 0 Å². The molecule has 0 aliphatic carbocycles. The second-order valence-electron chi connectivity index (χ2n) is 5.53. The molecular formula is C13H17NO2Si. The zero-order valence-electron chi connectivity index (χ0n) is 10.4. The van der Waals surface area contributed by atoms with Gasteiger partial charge in [0.1, 0.15) is 0 Å². The molecule has 0 spiro atoms.